The summed E-state index contributed by atoms with van der Waals surface area (Å²) in [6, 6.07) is 0. The minimum atomic E-state index is 0.764. The van der Waals surface area contributed by atoms with Gasteiger partial charge in [-0.3, -0.25) is 4.99 Å². The van der Waals surface area contributed by atoms with E-state index >= 15 is 0 Å². The monoisotopic (exact) mass is 135 g/mol. The van der Waals surface area contributed by atoms with Crippen LogP contribution in [0.25, 0.3) is 0 Å². The maximum absolute atomic E-state index is 4.01. The minimum Gasteiger partial charge on any atom is -0.262 e. The molecule has 1 nitrogen and oxygen atoms in total. The number of allylic oxidation sites excluding steroid dienone is 2. The Bertz CT molecular complexity index is 185. The van der Waals surface area contributed by atoms with E-state index in [0.717, 1.165) is 11.3 Å². The molecule has 0 heterocycles. The summed E-state index contributed by atoms with van der Waals surface area (Å²) in [7, 11) is 0. The highest BCUT2D eigenvalue weighted by atomic mass is 14.7. The first kappa shape index (κ1) is 8.89. The van der Waals surface area contributed by atoms with Crippen molar-refractivity contribution in [3.63, 3.8) is 0 Å². The van der Waals surface area contributed by atoms with Gasteiger partial charge in [0.2, 0.25) is 0 Å². The van der Waals surface area contributed by atoms with Crippen molar-refractivity contribution in [2.45, 2.75) is 13.8 Å². The molecule has 0 unspecified atom stereocenters. The lowest BCUT2D eigenvalue weighted by atomic mass is 10.2. The molecule has 0 saturated heterocycles. The van der Waals surface area contributed by atoms with Gasteiger partial charge in [0.25, 0.3) is 0 Å². The molecule has 0 aromatic carbocycles. The van der Waals surface area contributed by atoms with Gasteiger partial charge in [0.15, 0.2) is 0 Å². The standard InChI is InChI=1S/C9H13N/c1-5-9(6-2)8(4)10-7-3/h5-7H,1,4H2,2-3H3/b9-6-,10-7?. The molecule has 0 radical (unpaired) electrons. The quantitative estimate of drug-likeness (QED) is 0.417. The van der Waals surface area contributed by atoms with Crippen molar-refractivity contribution >= 4 is 6.21 Å². The van der Waals surface area contributed by atoms with E-state index in [1.165, 1.54) is 0 Å². The second-order valence-electron chi connectivity index (χ2n) is 1.78. The number of hydrogen-bond donors (Lipinski definition) is 0. The number of nitrogens with zero attached hydrogens (tertiary/aromatic N) is 1. The van der Waals surface area contributed by atoms with Crippen LogP contribution in [-0.4, -0.2) is 6.21 Å². The Morgan fingerprint density at radius 2 is 2.00 bits per heavy atom. The molecule has 0 rings (SSSR count). The molecular weight excluding hydrogens is 122 g/mol. The zero-order valence-electron chi connectivity index (χ0n) is 6.59. The van der Waals surface area contributed by atoms with Crippen LogP contribution in [0.5, 0.6) is 0 Å². The van der Waals surface area contributed by atoms with Gasteiger partial charge in [-0.05, 0) is 19.4 Å². The van der Waals surface area contributed by atoms with Crippen molar-refractivity contribution in [3.05, 3.63) is 36.6 Å². The van der Waals surface area contributed by atoms with E-state index in [0.29, 0.717) is 0 Å². The van der Waals surface area contributed by atoms with Gasteiger partial charge in [-0.15, -0.1) is 0 Å². The van der Waals surface area contributed by atoms with Crippen LogP contribution in [0.2, 0.25) is 0 Å². The van der Waals surface area contributed by atoms with Crippen LogP contribution in [0.1, 0.15) is 13.8 Å². The molecule has 10 heavy (non-hydrogen) atoms. The second-order valence-corrected chi connectivity index (χ2v) is 1.78. The molecule has 54 valence electrons. The molecule has 0 aliphatic heterocycles. The van der Waals surface area contributed by atoms with Crippen LogP contribution < -0.4 is 0 Å². The minimum absolute atomic E-state index is 0.764. The molecule has 0 saturated carbocycles. The fourth-order valence-electron chi connectivity index (χ4n) is 0.633. The molecule has 0 aliphatic carbocycles. The Morgan fingerprint density at radius 3 is 2.30 bits per heavy atom. The van der Waals surface area contributed by atoms with E-state index in [9.17, 15) is 0 Å². The van der Waals surface area contributed by atoms with Crippen molar-refractivity contribution in [2.75, 3.05) is 0 Å². The van der Waals surface area contributed by atoms with Crippen molar-refractivity contribution in [1.82, 2.24) is 0 Å². The molecule has 1 heteroatoms. The molecule has 0 amide bonds. The summed E-state index contributed by atoms with van der Waals surface area (Å²) in [5.74, 6) is 0. The SMILES string of the molecule is C=C/C(=C/C)C(=C)N=CC. The van der Waals surface area contributed by atoms with Gasteiger partial charge in [-0.1, -0.05) is 25.3 Å². The lowest BCUT2D eigenvalue weighted by Crippen LogP contribution is -1.79. The van der Waals surface area contributed by atoms with E-state index < -0.39 is 0 Å². The van der Waals surface area contributed by atoms with E-state index in [-0.39, 0.29) is 0 Å². The highest BCUT2D eigenvalue weighted by Crippen LogP contribution is 2.08. The molecule has 0 bridgehead atoms. The highest BCUT2D eigenvalue weighted by Gasteiger charge is 1.90. The molecule has 0 fully saturated rings. The Hall–Kier alpha value is -1.11. The first-order chi connectivity index (χ1) is 4.76. The molecule has 0 aromatic heterocycles. The number of hydrogen-bond acceptors (Lipinski definition) is 1. The zero-order chi connectivity index (χ0) is 7.98. The largest absolute Gasteiger partial charge is 0.262 e. The van der Waals surface area contributed by atoms with Crippen LogP contribution in [0, 0.1) is 0 Å². The van der Waals surface area contributed by atoms with Gasteiger partial charge in [0, 0.05) is 6.21 Å². The predicted molar refractivity (Wildman–Crippen MR) is 47.3 cm³/mol. The van der Waals surface area contributed by atoms with Crippen molar-refractivity contribution < 1.29 is 0 Å². The Kier molecular flexibility index (Phi) is 4.21. The van der Waals surface area contributed by atoms with Gasteiger partial charge >= 0.3 is 0 Å². The summed E-state index contributed by atoms with van der Waals surface area (Å²) in [5, 5.41) is 0. The molecule has 0 spiro atoms. The maximum atomic E-state index is 4.01. The third-order valence-electron chi connectivity index (χ3n) is 1.15. The summed E-state index contributed by atoms with van der Waals surface area (Å²) >= 11 is 0. The summed E-state index contributed by atoms with van der Waals surface area (Å²) in [4.78, 5) is 4.01. The lowest BCUT2D eigenvalue weighted by Gasteiger charge is -1.96. The van der Waals surface area contributed by atoms with Gasteiger partial charge in [0.05, 0.1) is 5.70 Å². The predicted octanol–water partition coefficient (Wildman–Crippen LogP) is 2.72. The average Bonchev–Trinajstić information content (AvgIpc) is 1.91. The molecule has 0 N–H and O–H groups in total. The van der Waals surface area contributed by atoms with E-state index in [1.54, 1.807) is 12.3 Å². The first-order valence-electron chi connectivity index (χ1n) is 3.23. The fraction of sp³-hybridized carbons (Fsp3) is 0.222. The molecule has 0 atom stereocenters. The van der Waals surface area contributed by atoms with Crippen LogP contribution in [0.4, 0.5) is 0 Å². The van der Waals surface area contributed by atoms with Crippen molar-refractivity contribution in [3.8, 4) is 0 Å². The third-order valence-corrected chi connectivity index (χ3v) is 1.15. The van der Waals surface area contributed by atoms with Crippen LogP contribution >= 0.6 is 0 Å². The van der Waals surface area contributed by atoms with Gasteiger partial charge in [0.1, 0.15) is 0 Å². The molecule has 0 aliphatic rings. The zero-order valence-corrected chi connectivity index (χ0v) is 6.59. The number of rotatable bonds is 3. The summed E-state index contributed by atoms with van der Waals surface area (Å²) in [6.07, 6.45) is 5.40. The summed E-state index contributed by atoms with van der Waals surface area (Å²) < 4.78 is 0. The van der Waals surface area contributed by atoms with Gasteiger partial charge in [-0.25, -0.2) is 0 Å². The Morgan fingerprint density at radius 1 is 1.40 bits per heavy atom. The van der Waals surface area contributed by atoms with Gasteiger partial charge in [-0.2, -0.15) is 0 Å². The summed E-state index contributed by atoms with van der Waals surface area (Å²) in [6.45, 7) is 11.2. The maximum Gasteiger partial charge on any atom is 0.0622 e. The highest BCUT2D eigenvalue weighted by molar-refractivity contribution is 5.57. The smallest absolute Gasteiger partial charge is 0.0622 e. The van der Waals surface area contributed by atoms with Crippen molar-refractivity contribution in [1.29, 1.82) is 0 Å². The normalized spacial score (nSPS) is 12.0. The van der Waals surface area contributed by atoms with E-state index in [4.69, 9.17) is 0 Å². The van der Waals surface area contributed by atoms with Crippen LogP contribution in [0.15, 0.2) is 41.6 Å². The molecular formula is C9H13N. The first-order valence-corrected chi connectivity index (χ1v) is 3.23. The lowest BCUT2D eigenvalue weighted by molar-refractivity contribution is 1.36. The Labute approximate surface area is 62.5 Å². The van der Waals surface area contributed by atoms with Crippen molar-refractivity contribution in [2.24, 2.45) is 4.99 Å². The van der Waals surface area contributed by atoms with Crippen LogP contribution in [-0.2, 0) is 0 Å². The average molecular weight is 135 g/mol. The fourth-order valence-corrected chi connectivity index (χ4v) is 0.633. The second kappa shape index (κ2) is 4.74. The number of aliphatic imine (C=N–C) groups is 1. The van der Waals surface area contributed by atoms with E-state index in [1.807, 2.05) is 19.9 Å². The Balaban J connectivity index is 4.32. The van der Waals surface area contributed by atoms with E-state index in [2.05, 4.69) is 18.2 Å². The van der Waals surface area contributed by atoms with Crippen LogP contribution in [0.3, 0.4) is 0 Å². The third kappa shape index (κ3) is 2.44. The summed E-state index contributed by atoms with van der Waals surface area (Å²) in [5.41, 5.74) is 1.75. The molecule has 0 aromatic rings. The van der Waals surface area contributed by atoms with Gasteiger partial charge < -0.3 is 0 Å². The topological polar surface area (TPSA) is 12.4 Å².